The standard InChI is InChI=1S/C13H22N2O4S/c1-13(2,3)19-12(18)15-7-9(16)6-10(15)11(17)14-4-5-20-8-14/h9-10,16H,4-8H2,1-3H3. The van der Waals surface area contributed by atoms with E-state index in [-0.39, 0.29) is 12.5 Å². The molecule has 114 valence electrons. The molecule has 0 radical (unpaired) electrons. The fourth-order valence-corrected chi connectivity index (χ4v) is 3.32. The van der Waals surface area contributed by atoms with Gasteiger partial charge < -0.3 is 14.7 Å². The molecule has 0 aromatic carbocycles. The number of hydrogen-bond acceptors (Lipinski definition) is 5. The molecule has 0 aliphatic carbocycles. The van der Waals surface area contributed by atoms with Gasteiger partial charge in [0.25, 0.3) is 0 Å². The lowest BCUT2D eigenvalue weighted by atomic mass is 10.1. The van der Waals surface area contributed by atoms with Crippen LogP contribution in [0.25, 0.3) is 0 Å². The molecule has 2 fully saturated rings. The van der Waals surface area contributed by atoms with Crippen molar-refractivity contribution in [1.29, 1.82) is 0 Å². The molecule has 2 rings (SSSR count). The van der Waals surface area contributed by atoms with Crippen LogP contribution in [-0.4, -0.2) is 69.4 Å². The number of carbonyl (C=O) groups excluding carboxylic acids is 2. The van der Waals surface area contributed by atoms with Crippen LogP contribution in [0.3, 0.4) is 0 Å². The Morgan fingerprint density at radius 1 is 1.35 bits per heavy atom. The Balaban J connectivity index is 2.06. The van der Waals surface area contributed by atoms with Crippen molar-refractivity contribution in [3.8, 4) is 0 Å². The molecule has 0 bridgehead atoms. The third kappa shape index (κ3) is 3.58. The summed E-state index contributed by atoms with van der Waals surface area (Å²) >= 11 is 1.70. The Kier molecular flexibility index (Phi) is 4.49. The van der Waals surface area contributed by atoms with Crippen molar-refractivity contribution in [1.82, 2.24) is 9.80 Å². The first-order valence-corrected chi connectivity index (χ1v) is 7.97. The lowest BCUT2D eigenvalue weighted by Gasteiger charge is -2.29. The van der Waals surface area contributed by atoms with Crippen LogP contribution in [0.15, 0.2) is 0 Å². The SMILES string of the molecule is CC(C)(C)OC(=O)N1CC(O)CC1C(=O)N1CCSC1. The third-order valence-electron chi connectivity index (χ3n) is 3.26. The van der Waals surface area contributed by atoms with E-state index in [9.17, 15) is 14.7 Å². The van der Waals surface area contributed by atoms with Crippen molar-refractivity contribution in [2.24, 2.45) is 0 Å². The number of ether oxygens (including phenoxy) is 1. The second-order valence-electron chi connectivity index (χ2n) is 6.18. The van der Waals surface area contributed by atoms with E-state index in [2.05, 4.69) is 0 Å². The summed E-state index contributed by atoms with van der Waals surface area (Å²) in [5.41, 5.74) is -0.609. The number of likely N-dealkylation sites (tertiary alicyclic amines) is 1. The molecule has 7 heteroatoms. The molecule has 2 aliphatic heterocycles. The summed E-state index contributed by atoms with van der Waals surface area (Å²) in [4.78, 5) is 27.7. The third-order valence-corrected chi connectivity index (χ3v) is 4.22. The van der Waals surface area contributed by atoms with Gasteiger partial charge in [-0.3, -0.25) is 9.69 Å². The maximum atomic E-state index is 12.4. The van der Waals surface area contributed by atoms with Gasteiger partial charge in [-0.1, -0.05) is 0 Å². The molecule has 2 aliphatic rings. The average Bonchev–Trinajstić information content (AvgIpc) is 2.94. The Labute approximate surface area is 123 Å². The topological polar surface area (TPSA) is 70.1 Å². The zero-order valence-corrected chi connectivity index (χ0v) is 13.0. The lowest BCUT2D eigenvalue weighted by Crippen LogP contribution is -2.48. The van der Waals surface area contributed by atoms with E-state index >= 15 is 0 Å². The van der Waals surface area contributed by atoms with E-state index in [4.69, 9.17) is 4.74 Å². The van der Waals surface area contributed by atoms with E-state index < -0.39 is 23.8 Å². The Bertz CT molecular complexity index is 390. The number of rotatable bonds is 1. The van der Waals surface area contributed by atoms with Gasteiger partial charge in [0.2, 0.25) is 5.91 Å². The largest absolute Gasteiger partial charge is 0.444 e. The van der Waals surface area contributed by atoms with Crippen molar-refractivity contribution in [3.63, 3.8) is 0 Å². The number of aliphatic hydroxyl groups is 1. The summed E-state index contributed by atoms with van der Waals surface area (Å²) in [7, 11) is 0. The predicted molar refractivity (Wildman–Crippen MR) is 76.4 cm³/mol. The van der Waals surface area contributed by atoms with E-state index in [1.165, 1.54) is 4.90 Å². The van der Waals surface area contributed by atoms with Gasteiger partial charge in [-0.25, -0.2) is 4.79 Å². The van der Waals surface area contributed by atoms with Gasteiger partial charge in [-0.15, -0.1) is 11.8 Å². The Hall–Kier alpha value is -0.950. The van der Waals surface area contributed by atoms with Gasteiger partial charge in [-0.2, -0.15) is 0 Å². The fraction of sp³-hybridized carbons (Fsp3) is 0.846. The van der Waals surface area contributed by atoms with Crippen LogP contribution in [0.1, 0.15) is 27.2 Å². The van der Waals surface area contributed by atoms with Crippen molar-refractivity contribution < 1.29 is 19.4 Å². The maximum absolute atomic E-state index is 12.4. The first kappa shape index (κ1) is 15.4. The molecule has 0 spiro atoms. The molecule has 6 nitrogen and oxygen atoms in total. The van der Waals surface area contributed by atoms with Crippen LogP contribution in [0.4, 0.5) is 4.79 Å². The minimum absolute atomic E-state index is 0.0857. The van der Waals surface area contributed by atoms with Crippen molar-refractivity contribution in [2.45, 2.75) is 44.9 Å². The highest BCUT2D eigenvalue weighted by Gasteiger charge is 2.42. The number of carbonyl (C=O) groups is 2. The average molecular weight is 302 g/mol. The van der Waals surface area contributed by atoms with Crippen LogP contribution in [0.5, 0.6) is 0 Å². The van der Waals surface area contributed by atoms with Crippen LogP contribution in [0, 0.1) is 0 Å². The minimum atomic E-state index is -0.660. The van der Waals surface area contributed by atoms with Crippen molar-refractivity contribution in [2.75, 3.05) is 24.7 Å². The summed E-state index contributed by atoms with van der Waals surface area (Å²) < 4.78 is 5.31. The van der Waals surface area contributed by atoms with Gasteiger partial charge in [-0.05, 0) is 20.8 Å². The first-order chi connectivity index (χ1) is 9.28. The number of hydrogen-bond donors (Lipinski definition) is 1. The summed E-state index contributed by atoms with van der Waals surface area (Å²) in [5.74, 6) is 1.50. The highest BCUT2D eigenvalue weighted by molar-refractivity contribution is 7.99. The minimum Gasteiger partial charge on any atom is -0.444 e. The number of aliphatic hydroxyl groups excluding tert-OH is 1. The summed E-state index contributed by atoms with van der Waals surface area (Å²) in [5, 5.41) is 9.78. The van der Waals surface area contributed by atoms with Crippen LogP contribution in [0.2, 0.25) is 0 Å². The fourth-order valence-electron chi connectivity index (χ4n) is 2.37. The molecule has 20 heavy (non-hydrogen) atoms. The molecule has 0 saturated carbocycles. The highest BCUT2D eigenvalue weighted by atomic mass is 32.2. The molecule has 2 atom stereocenters. The molecule has 2 heterocycles. The monoisotopic (exact) mass is 302 g/mol. The highest BCUT2D eigenvalue weighted by Crippen LogP contribution is 2.25. The summed E-state index contributed by atoms with van der Waals surface area (Å²) in [6.07, 6.45) is -0.898. The molecule has 0 aromatic heterocycles. The second kappa shape index (κ2) is 5.81. The van der Waals surface area contributed by atoms with Crippen LogP contribution in [-0.2, 0) is 9.53 Å². The van der Waals surface area contributed by atoms with E-state index in [1.807, 2.05) is 0 Å². The van der Waals surface area contributed by atoms with Crippen molar-refractivity contribution >= 4 is 23.8 Å². The van der Waals surface area contributed by atoms with E-state index in [0.29, 0.717) is 18.8 Å². The molecule has 2 saturated heterocycles. The maximum Gasteiger partial charge on any atom is 0.411 e. The van der Waals surface area contributed by atoms with Gasteiger partial charge in [0.05, 0.1) is 18.5 Å². The number of amides is 2. The number of thioether (sulfide) groups is 1. The quantitative estimate of drug-likeness (QED) is 0.779. The zero-order chi connectivity index (χ0) is 14.9. The Morgan fingerprint density at radius 2 is 2.05 bits per heavy atom. The van der Waals surface area contributed by atoms with Gasteiger partial charge in [0.1, 0.15) is 11.6 Å². The van der Waals surface area contributed by atoms with Gasteiger partial charge in [0.15, 0.2) is 0 Å². The lowest BCUT2D eigenvalue weighted by molar-refractivity contribution is -0.134. The first-order valence-electron chi connectivity index (χ1n) is 6.82. The van der Waals surface area contributed by atoms with E-state index in [0.717, 1.165) is 5.75 Å². The molecular formula is C13H22N2O4S. The van der Waals surface area contributed by atoms with Crippen molar-refractivity contribution in [3.05, 3.63) is 0 Å². The molecule has 0 aromatic rings. The van der Waals surface area contributed by atoms with Gasteiger partial charge >= 0.3 is 6.09 Å². The number of β-amino-alcohol motifs (C(OH)–C–C–N with tert-alkyl or cyclic N) is 1. The van der Waals surface area contributed by atoms with Crippen LogP contribution >= 0.6 is 11.8 Å². The summed E-state index contributed by atoms with van der Waals surface area (Å²) in [6, 6.07) is -0.599. The Morgan fingerprint density at radius 3 is 2.60 bits per heavy atom. The second-order valence-corrected chi connectivity index (χ2v) is 7.25. The summed E-state index contributed by atoms with van der Waals surface area (Å²) in [6.45, 7) is 6.21. The van der Waals surface area contributed by atoms with E-state index in [1.54, 1.807) is 37.4 Å². The molecule has 2 unspecified atom stereocenters. The predicted octanol–water partition coefficient (Wildman–Crippen LogP) is 0.890. The zero-order valence-electron chi connectivity index (χ0n) is 12.2. The molecule has 1 N–H and O–H groups in total. The number of nitrogens with zero attached hydrogens (tertiary/aromatic N) is 2. The normalized spacial score (nSPS) is 27.0. The molecule has 2 amide bonds. The smallest absolute Gasteiger partial charge is 0.411 e. The van der Waals surface area contributed by atoms with Gasteiger partial charge in [0, 0.05) is 18.7 Å². The molecular weight excluding hydrogens is 280 g/mol. The van der Waals surface area contributed by atoms with Crippen LogP contribution < -0.4 is 0 Å².